The Morgan fingerprint density at radius 2 is 2.05 bits per heavy atom. The minimum absolute atomic E-state index is 0.0241. The van der Waals surface area contributed by atoms with E-state index >= 15 is 0 Å². The molecule has 0 radical (unpaired) electrons. The number of carbonyl (C=O) groups is 1. The molecule has 1 amide bonds. The number of fused-ring (bicyclic) bond motifs is 1. The number of hydrogen-bond acceptors (Lipinski definition) is 4. The first kappa shape index (κ1) is 22.8. The average molecular weight is 516 g/mol. The minimum atomic E-state index is 0.0241. The second-order valence-electron chi connectivity index (χ2n) is 11.3. The van der Waals surface area contributed by atoms with Gasteiger partial charge >= 0.3 is 0 Å². The van der Waals surface area contributed by atoms with Crippen LogP contribution in [0.2, 0.25) is 5.02 Å². The average Bonchev–Trinajstić information content (AvgIpc) is 3.18. The molecule has 3 aliphatic rings. The number of halogens is 1. The maximum atomic E-state index is 12.0. The molecule has 8 nitrogen and oxygen atoms in total. The second kappa shape index (κ2) is 8.05. The summed E-state index contributed by atoms with van der Waals surface area (Å²) in [5.41, 5.74) is 7.24. The first-order valence-corrected chi connectivity index (χ1v) is 13.4. The zero-order chi connectivity index (χ0) is 25.5. The molecule has 1 saturated heterocycles. The quantitative estimate of drug-likeness (QED) is 0.352. The maximum absolute atomic E-state index is 12.0. The van der Waals surface area contributed by atoms with Gasteiger partial charge < -0.3 is 4.90 Å². The summed E-state index contributed by atoms with van der Waals surface area (Å²) in [6.45, 7) is 10.3. The molecule has 0 atom stereocenters. The molecule has 1 aromatic carbocycles. The molecule has 7 rings (SSSR count). The van der Waals surface area contributed by atoms with Gasteiger partial charge in [0.1, 0.15) is 5.69 Å². The Kier molecular flexibility index (Phi) is 4.96. The van der Waals surface area contributed by atoms with Gasteiger partial charge in [-0.2, -0.15) is 15.3 Å². The van der Waals surface area contributed by atoms with Crippen molar-refractivity contribution in [3.63, 3.8) is 0 Å². The third-order valence-corrected chi connectivity index (χ3v) is 9.06. The highest BCUT2D eigenvalue weighted by molar-refractivity contribution is 6.36. The van der Waals surface area contributed by atoms with Crippen LogP contribution in [0.5, 0.6) is 0 Å². The standard InChI is InChI=1S/C28H30ClN7O/c1-4-23(37)34-14-28(15-34)10-19(11-28)36-17(3)24(25-20-12-30-32-21(20)9-16(2)26(25)29)27(33-36)22-7-8-31-35(22)13-18-5-6-18/h4,7-9,12,18-19H,1,5-6,10-11,13-15H2,2-3H3,(H,30,32). The molecule has 1 spiro atoms. The van der Waals surface area contributed by atoms with Crippen molar-refractivity contribution in [3.05, 3.63) is 53.5 Å². The number of aromatic amines is 1. The van der Waals surface area contributed by atoms with Crippen molar-refractivity contribution in [3.8, 4) is 22.5 Å². The number of benzene rings is 1. The summed E-state index contributed by atoms with van der Waals surface area (Å²) in [4.78, 5) is 13.9. The number of carbonyl (C=O) groups excluding carboxylic acids is 1. The van der Waals surface area contributed by atoms with E-state index in [1.54, 1.807) is 0 Å². The van der Waals surface area contributed by atoms with Crippen LogP contribution in [0, 0.1) is 25.2 Å². The molecule has 4 heterocycles. The number of amides is 1. The monoisotopic (exact) mass is 515 g/mol. The Morgan fingerprint density at radius 1 is 1.27 bits per heavy atom. The SMILES string of the molecule is C=CC(=O)N1CC2(CC(n3nc(-c4ccnn4CC4CC4)c(-c4c(Cl)c(C)cc5[nH]ncc45)c3C)C2)C1. The Balaban J connectivity index is 1.33. The molecule has 1 N–H and O–H groups in total. The van der Waals surface area contributed by atoms with Crippen LogP contribution in [0.4, 0.5) is 0 Å². The lowest BCUT2D eigenvalue weighted by atomic mass is 9.60. The summed E-state index contributed by atoms with van der Waals surface area (Å²) in [5, 5.41) is 19.1. The number of hydrogen-bond donors (Lipinski definition) is 1. The summed E-state index contributed by atoms with van der Waals surface area (Å²) in [5.74, 6) is 0.718. The van der Waals surface area contributed by atoms with E-state index < -0.39 is 0 Å². The van der Waals surface area contributed by atoms with Crippen LogP contribution in [0.15, 0.2) is 37.2 Å². The highest BCUT2D eigenvalue weighted by Crippen LogP contribution is 2.55. The van der Waals surface area contributed by atoms with Crippen LogP contribution in [-0.2, 0) is 11.3 Å². The van der Waals surface area contributed by atoms with Crippen LogP contribution in [0.1, 0.15) is 43.0 Å². The Bertz CT molecular complexity index is 1560. The predicted octanol–water partition coefficient (Wildman–Crippen LogP) is 5.32. The zero-order valence-electron chi connectivity index (χ0n) is 21.2. The summed E-state index contributed by atoms with van der Waals surface area (Å²) < 4.78 is 4.31. The fraction of sp³-hybridized carbons (Fsp3) is 0.429. The molecule has 37 heavy (non-hydrogen) atoms. The van der Waals surface area contributed by atoms with E-state index in [0.29, 0.717) is 5.92 Å². The minimum Gasteiger partial charge on any atom is -0.338 e. The van der Waals surface area contributed by atoms with E-state index in [-0.39, 0.29) is 17.4 Å². The Labute approximate surface area is 220 Å². The number of aryl methyl sites for hydroxylation is 1. The third kappa shape index (κ3) is 3.49. The number of likely N-dealkylation sites (tertiary alicyclic amines) is 1. The predicted molar refractivity (Wildman–Crippen MR) is 143 cm³/mol. The number of nitrogens with one attached hydrogen (secondary N) is 1. The molecule has 1 aliphatic heterocycles. The topological polar surface area (TPSA) is 84.6 Å². The molecular formula is C28H30ClN7O. The van der Waals surface area contributed by atoms with Crippen LogP contribution >= 0.6 is 11.6 Å². The lowest BCUT2D eigenvalue weighted by molar-refractivity contribution is -0.149. The summed E-state index contributed by atoms with van der Waals surface area (Å²) in [7, 11) is 0. The van der Waals surface area contributed by atoms with E-state index in [4.69, 9.17) is 16.7 Å². The number of aromatic nitrogens is 6. The smallest absolute Gasteiger partial charge is 0.245 e. The van der Waals surface area contributed by atoms with E-state index in [9.17, 15) is 4.79 Å². The van der Waals surface area contributed by atoms with Gasteiger partial charge in [-0.05, 0) is 69.2 Å². The zero-order valence-corrected chi connectivity index (χ0v) is 21.9. The third-order valence-electron chi connectivity index (χ3n) is 8.57. The van der Waals surface area contributed by atoms with Gasteiger partial charge in [0.05, 0.1) is 28.5 Å². The van der Waals surface area contributed by atoms with Crippen molar-refractivity contribution in [2.45, 2.75) is 52.1 Å². The molecule has 9 heteroatoms. The second-order valence-corrected chi connectivity index (χ2v) is 11.6. The van der Waals surface area contributed by atoms with Gasteiger partial charge in [-0.1, -0.05) is 18.2 Å². The summed E-state index contributed by atoms with van der Waals surface area (Å²) in [6.07, 6.45) is 9.68. The van der Waals surface area contributed by atoms with Crippen LogP contribution in [0.25, 0.3) is 33.4 Å². The molecular weight excluding hydrogens is 486 g/mol. The fourth-order valence-electron chi connectivity index (χ4n) is 6.44. The maximum Gasteiger partial charge on any atom is 0.245 e. The van der Waals surface area contributed by atoms with Gasteiger partial charge in [-0.15, -0.1) is 0 Å². The largest absolute Gasteiger partial charge is 0.338 e. The number of nitrogens with zero attached hydrogens (tertiary/aromatic N) is 6. The molecule has 0 bridgehead atoms. The first-order chi connectivity index (χ1) is 17.9. The number of H-pyrrole nitrogens is 1. The first-order valence-electron chi connectivity index (χ1n) is 13.0. The highest BCUT2D eigenvalue weighted by Gasteiger charge is 2.54. The molecule has 4 aromatic rings. The summed E-state index contributed by atoms with van der Waals surface area (Å²) >= 11 is 7.03. The molecule has 2 saturated carbocycles. The van der Waals surface area contributed by atoms with Crippen molar-refractivity contribution in [2.75, 3.05) is 13.1 Å². The van der Waals surface area contributed by atoms with Gasteiger partial charge in [0.25, 0.3) is 0 Å². The van der Waals surface area contributed by atoms with Crippen molar-refractivity contribution in [1.82, 2.24) is 34.7 Å². The lowest BCUT2D eigenvalue weighted by Gasteiger charge is -2.58. The van der Waals surface area contributed by atoms with Gasteiger partial charge in [0, 0.05) is 53.5 Å². The molecule has 2 aliphatic carbocycles. The Hall–Kier alpha value is -3.39. The fourth-order valence-corrected chi connectivity index (χ4v) is 6.69. The van der Waals surface area contributed by atoms with Gasteiger partial charge in [0.2, 0.25) is 5.91 Å². The van der Waals surface area contributed by atoms with Crippen molar-refractivity contribution in [2.24, 2.45) is 11.3 Å². The number of rotatable bonds is 6. The van der Waals surface area contributed by atoms with Crippen LogP contribution < -0.4 is 0 Å². The van der Waals surface area contributed by atoms with Crippen molar-refractivity contribution < 1.29 is 4.79 Å². The van der Waals surface area contributed by atoms with Crippen LogP contribution in [-0.4, -0.2) is 53.7 Å². The van der Waals surface area contributed by atoms with Crippen molar-refractivity contribution >= 4 is 28.4 Å². The van der Waals surface area contributed by atoms with E-state index in [1.807, 2.05) is 30.3 Å². The summed E-state index contributed by atoms with van der Waals surface area (Å²) in [6, 6.07) is 4.41. The van der Waals surface area contributed by atoms with E-state index in [0.717, 1.165) is 82.2 Å². The lowest BCUT2D eigenvalue weighted by Crippen LogP contribution is -2.63. The Morgan fingerprint density at radius 3 is 2.78 bits per heavy atom. The van der Waals surface area contributed by atoms with Gasteiger partial charge in [0.15, 0.2) is 0 Å². The van der Waals surface area contributed by atoms with E-state index in [1.165, 1.54) is 18.9 Å². The molecule has 190 valence electrons. The molecule has 0 unspecified atom stereocenters. The molecule has 3 fully saturated rings. The van der Waals surface area contributed by atoms with E-state index in [2.05, 4.69) is 44.2 Å². The van der Waals surface area contributed by atoms with Crippen molar-refractivity contribution in [1.29, 1.82) is 0 Å². The van der Waals surface area contributed by atoms with Gasteiger partial charge in [-0.25, -0.2) is 0 Å². The highest BCUT2D eigenvalue weighted by atomic mass is 35.5. The molecule has 3 aromatic heterocycles. The normalized spacial score (nSPS) is 18.8. The van der Waals surface area contributed by atoms with Gasteiger partial charge in [-0.3, -0.25) is 19.3 Å². The van der Waals surface area contributed by atoms with Crippen LogP contribution in [0.3, 0.4) is 0 Å².